The first-order chi connectivity index (χ1) is 20.2. The van der Waals surface area contributed by atoms with Crippen LogP contribution < -0.4 is 14.4 Å². The maximum atomic E-state index is 11.8. The molecule has 3 aromatic carbocycles. The minimum Gasteiger partial charge on any atom is -0.398 e. The zero-order valence-corrected chi connectivity index (χ0v) is 25.6. The van der Waals surface area contributed by atoms with Crippen molar-refractivity contribution in [1.29, 1.82) is 0 Å². The molecule has 1 aliphatic heterocycles. The number of fused-ring (bicyclic) bond motifs is 2. The van der Waals surface area contributed by atoms with Crippen molar-refractivity contribution >= 4 is 73.9 Å². The summed E-state index contributed by atoms with van der Waals surface area (Å²) < 4.78 is 45.7. The normalized spacial score (nSPS) is 14.4. The highest BCUT2D eigenvalue weighted by molar-refractivity contribution is 7.94. The lowest BCUT2D eigenvalue weighted by atomic mass is 10.1. The van der Waals surface area contributed by atoms with E-state index in [1.165, 1.54) is 0 Å². The molecule has 222 valence electrons. The Morgan fingerprint density at radius 3 is 2.40 bits per heavy atom. The Labute approximate surface area is 257 Å². The number of aromatic nitrogens is 1. The van der Waals surface area contributed by atoms with Gasteiger partial charge >= 0.3 is 5.89 Å². The van der Waals surface area contributed by atoms with Gasteiger partial charge in [0.25, 0.3) is 15.6 Å². The standard InChI is InChI=1S/C28H27Cl2N3O7S2/c1-2-31-23-16-21(29)22(30)17-24(23)32(11-6-13-41-40-39-34)27(31)18-28-33(12-14-42(35,36)37)25-15-20(9-10-26(25)38-28)19-7-4-3-5-8-19/h3-5,7-10,15-18H,2,6,11-14H2,1H3,(H-,34,35,36,37)/p+1. The zero-order valence-electron chi connectivity index (χ0n) is 22.4. The van der Waals surface area contributed by atoms with Crippen LogP contribution in [-0.4, -0.2) is 42.8 Å². The Morgan fingerprint density at radius 1 is 1.02 bits per heavy atom. The molecule has 0 unspecified atom stereocenters. The minimum absolute atomic E-state index is 0.0327. The summed E-state index contributed by atoms with van der Waals surface area (Å²) >= 11 is 13.8. The van der Waals surface area contributed by atoms with Gasteiger partial charge < -0.3 is 14.2 Å². The third-order valence-electron chi connectivity index (χ3n) is 6.82. The summed E-state index contributed by atoms with van der Waals surface area (Å²) in [5, 5.41) is 12.9. The summed E-state index contributed by atoms with van der Waals surface area (Å²) in [6.45, 7) is 3.10. The second kappa shape index (κ2) is 13.2. The lowest BCUT2D eigenvalue weighted by molar-refractivity contribution is -0.673. The smallest absolute Gasteiger partial charge is 0.377 e. The first-order valence-electron chi connectivity index (χ1n) is 13.0. The Kier molecular flexibility index (Phi) is 9.65. The van der Waals surface area contributed by atoms with Crippen molar-refractivity contribution in [3.05, 3.63) is 82.4 Å². The number of halogens is 2. The SMILES string of the molecule is CCN1/C(=C\c2oc3ccc(-c4ccccc4)cc3[n+]2CCS(=O)(=O)O)N(CCCSOOO)c2cc(Cl)c(Cl)cc21. The molecule has 10 nitrogen and oxygen atoms in total. The second-order valence-electron chi connectivity index (χ2n) is 9.40. The van der Waals surface area contributed by atoms with Gasteiger partial charge in [-0.05, 0) is 42.7 Å². The fourth-order valence-electron chi connectivity index (χ4n) is 4.98. The molecule has 0 atom stereocenters. The third kappa shape index (κ3) is 6.71. The van der Waals surface area contributed by atoms with E-state index >= 15 is 0 Å². The van der Waals surface area contributed by atoms with E-state index in [4.69, 9.17) is 32.9 Å². The number of rotatable bonds is 12. The molecule has 1 aliphatic rings. The molecule has 14 heteroatoms. The molecule has 0 fully saturated rings. The molecule has 4 aromatic rings. The third-order valence-corrected chi connectivity index (χ3v) is 8.85. The first-order valence-corrected chi connectivity index (χ1v) is 16.3. The molecular formula is C28H28Cl2N3O7S2+. The topological polar surface area (TPSA) is 117 Å². The minimum atomic E-state index is -4.25. The van der Waals surface area contributed by atoms with Gasteiger partial charge in [-0.3, -0.25) is 4.55 Å². The van der Waals surface area contributed by atoms with Crippen LogP contribution in [0.3, 0.4) is 0 Å². The van der Waals surface area contributed by atoms with Crippen LogP contribution in [0.2, 0.25) is 10.0 Å². The van der Waals surface area contributed by atoms with E-state index in [9.17, 15) is 13.0 Å². The van der Waals surface area contributed by atoms with Crippen LogP contribution >= 0.6 is 35.2 Å². The van der Waals surface area contributed by atoms with Crippen LogP contribution in [-0.2, 0) is 26.0 Å². The van der Waals surface area contributed by atoms with Crippen molar-refractivity contribution in [2.24, 2.45) is 0 Å². The highest BCUT2D eigenvalue weighted by Gasteiger charge is 2.34. The van der Waals surface area contributed by atoms with Gasteiger partial charge in [0.05, 0.1) is 27.5 Å². The van der Waals surface area contributed by atoms with Gasteiger partial charge in [-0.25, -0.2) is 5.26 Å². The van der Waals surface area contributed by atoms with Crippen molar-refractivity contribution in [2.75, 3.05) is 34.4 Å². The monoisotopic (exact) mass is 652 g/mol. The van der Waals surface area contributed by atoms with Gasteiger partial charge in [0.15, 0.2) is 6.54 Å². The molecule has 0 spiro atoms. The van der Waals surface area contributed by atoms with Crippen LogP contribution in [0.15, 0.2) is 70.9 Å². The summed E-state index contributed by atoms with van der Waals surface area (Å²) in [6, 6.07) is 19.2. The van der Waals surface area contributed by atoms with Gasteiger partial charge in [-0.2, -0.15) is 13.0 Å². The Morgan fingerprint density at radius 2 is 1.74 bits per heavy atom. The van der Waals surface area contributed by atoms with E-state index in [-0.39, 0.29) is 6.54 Å². The lowest BCUT2D eigenvalue weighted by Crippen LogP contribution is -2.39. The van der Waals surface area contributed by atoms with E-state index in [0.717, 1.165) is 40.4 Å². The van der Waals surface area contributed by atoms with E-state index in [1.54, 1.807) is 10.6 Å². The average Bonchev–Trinajstić information content (AvgIpc) is 3.45. The predicted molar refractivity (Wildman–Crippen MR) is 165 cm³/mol. The van der Waals surface area contributed by atoms with Crippen LogP contribution in [0.25, 0.3) is 28.3 Å². The molecule has 5 rings (SSSR count). The van der Waals surface area contributed by atoms with Crippen LogP contribution in [0.1, 0.15) is 19.2 Å². The van der Waals surface area contributed by atoms with Gasteiger partial charge in [-0.1, -0.05) is 64.6 Å². The van der Waals surface area contributed by atoms with Crippen LogP contribution in [0.4, 0.5) is 11.4 Å². The highest BCUT2D eigenvalue weighted by atomic mass is 35.5. The van der Waals surface area contributed by atoms with E-state index in [2.05, 4.69) is 19.2 Å². The predicted octanol–water partition coefficient (Wildman–Crippen LogP) is 6.69. The molecule has 2 heterocycles. The van der Waals surface area contributed by atoms with Crippen molar-refractivity contribution in [1.82, 2.24) is 0 Å². The maximum absolute atomic E-state index is 11.8. The van der Waals surface area contributed by atoms with Gasteiger partial charge in [0.1, 0.15) is 11.6 Å². The van der Waals surface area contributed by atoms with Crippen LogP contribution in [0, 0.1) is 0 Å². The number of hydrogen-bond donors (Lipinski definition) is 2. The van der Waals surface area contributed by atoms with Crippen LogP contribution in [0.5, 0.6) is 0 Å². The number of aryl methyl sites for hydroxylation is 1. The quantitative estimate of drug-likeness (QED) is 0.0428. The Bertz CT molecular complexity index is 1720. The summed E-state index contributed by atoms with van der Waals surface area (Å²) in [7, 11) is -4.25. The highest BCUT2D eigenvalue weighted by Crippen LogP contribution is 2.46. The molecular weight excluding hydrogens is 625 g/mol. The largest absolute Gasteiger partial charge is 0.398 e. The average molecular weight is 654 g/mol. The summed E-state index contributed by atoms with van der Waals surface area (Å²) in [5.74, 6) is 1.19. The van der Waals surface area contributed by atoms with Crippen molar-refractivity contribution in [3.63, 3.8) is 0 Å². The van der Waals surface area contributed by atoms with E-state index < -0.39 is 15.9 Å². The Balaban J connectivity index is 1.62. The number of hydrogen-bond acceptors (Lipinski definition) is 9. The number of nitrogens with zero attached hydrogens (tertiary/aromatic N) is 3. The fraction of sp³-hybridized carbons (Fsp3) is 0.250. The molecule has 0 radical (unpaired) electrons. The molecule has 0 amide bonds. The number of anilines is 2. The fourth-order valence-corrected chi connectivity index (χ4v) is 6.06. The van der Waals surface area contributed by atoms with Crippen molar-refractivity contribution in [3.8, 4) is 11.1 Å². The molecule has 0 aliphatic carbocycles. The first kappa shape index (κ1) is 30.6. The summed E-state index contributed by atoms with van der Waals surface area (Å²) in [5.41, 5.74) is 4.87. The molecule has 0 bridgehead atoms. The zero-order chi connectivity index (χ0) is 29.9. The molecule has 42 heavy (non-hydrogen) atoms. The molecule has 2 N–H and O–H groups in total. The summed E-state index contributed by atoms with van der Waals surface area (Å²) in [4.78, 5) is 4.13. The molecule has 0 saturated heterocycles. The number of benzene rings is 3. The van der Waals surface area contributed by atoms with Gasteiger partial charge in [0.2, 0.25) is 5.58 Å². The lowest BCUT2D eigenvalue weighted by Gasteiger charge is -2.23. The molecule has 1 aromatic heterocycles. The maximum Gasteiger partial charge on any atom is 0.377 e. The van der Waals surface area contributed by atoms with E-state index in [0.29, 0.717) is 52.3 Å². The van der Waals surface area contributed by atoms with Crippen molar-refractivity contribution in [2.45, 2.75) is 19.9 Å². The number of oxazole rings is 1. The molecule has 0 saturated carbocycles. The second-order valence-corrected chi connectivity index (χ2v) is 12.6. The summed E-state index contributed by atoms with van der Waals surface area (Å²) in [6.07, 6.45) is 2.49. The van der Waals surface area contributed by atoms with Gasteiger partial charge in [0, 0.05) is 37.0 Å². The van der Waals surface area contributed by atoms with Crippen molar-refractivity contribution < 1.29 is 36.6 Å². The van der Waals surface area contributed by atoms with Gasteiger partial charge in [-0.15, -0.1) is 4.33 Å². The Hall–Kier alpha value is -2.81. The van der Waals surface area contributed by atoms with E-state index in [1.807, 2.05) is 67.6 Å².